The lowest BCUT2D eigenvalue weighted by atomic mass is 10.2. The number of alkyl halides is 3. The maximum Gasteiger partial charge on any atom is 0.490 e. The van der Waals surface area contributed by atoms with E-state index in [2.05, 4.69) is 10.1 Å². The molecule has 2 rings (SSSR count). The van der Waals surface area contributed by atoms with Crippen molar-refractivity contribution in [1.82, 2.24) is 10.1 Å². The van der Waals surface area contributed by atoms with Crippen LogP contribution in [0.1, 0.15) is 18.9 Å². The van der Waals surface area contributed by atoms with Crippen LogP contribution in [-0.4, -0.2) is 27.4 Å². The molecule has 1 aromatic carbocycles. The van der Waals surface area contributed by atoms with Gasteiger partial charge in [0.1, 0.15) is 0 Å². The topological polar surface area (TPSA) is 102 Å². The molecule has 0 amide bonds. The second-order valence-electron chi connectivity index (χ2n) is 3.91. The highest BCUT2D eigenvalue weighted by Crippen LogP contribution is 2.16. The first-order valence-corrected chi connectivity index (χ1v) is 5.66. The van der Waals surface area contributed by atoms with Gasteiger partial charge in [-0.25, -0.2) is 4.79 Å². The summed E-state index contributed by atoms with van der Waals surface area (Å²) < 4.78 is 36.7. The predicted molar refractivity (Wildman–Crippen MR) is 66.0 cm³/mol. The van der Waals surface area contributed by atoms with Crippen LogP contribution in [0, 0.1) is 0 Å². The molecule has 0 aliphatic rings. The van der Waals surface area contributed by atoms with Crippen molar-refractivity contribution < 1.29 is 27.6 Å². The Labute approximate surface area is 117 Å². The molecule has 0 aliphatic heterocycles. The number of carbonyl (C=O) groups is 1. The fourth-order valence-electron chi connectivity index (χ4n) is 1.12. The van der Waals surface area contributed by atoms with E-state index in [0.717, 1.165) is 5.56 Å². The molecule has 0 saturated heterocycles. The van der Waals surface area contributed by atoms with Gasteiger partial charge in [0, 0.05) is 5.56 Å². The van der Waals surface area contributed by atoms with Crippen LogP contribution in [0.25, 0.3) is 11.4 Å². The van der Waals surface area contributed by atoms with Gasteiger partial charge in [-0.3, -0.25) is 0 Å². The zero-order valence-electron chi connectivity index (χ0n) is 10.8. The average Bonchev–Trinajstić information content (AvgIpc) is 2.89. The fraction of sp³-hybridized carbons (Fsp3) is 0.250. The van der Waals surface area contributed by atoms with Crippen molar-refractivity contribution in [2.24, 2.45) is 5.73 Å². The van der Waals surface area contributed by atoms with Gasteiger partial charge < -0.3 is 15.4 Å². The van der Waals surface area contributed by atoms with Gasteiger partial charge in [-0.2, -0.15) is 18.2 Å². The molecule has 0 spiro atoms. The number of rotatable bonds is 2. The zero-order chi connectivity index (χ0) is 16.0. The van der Waals surface area contributed by atoms with E-state index in [4.69, 9.17) is 20.2 Å². The monoisotopic (exact) mass is 303 g/mol. The number of carboxylic acid groups (broad SMARTS) is 1. The Morgan fingerprint density at radius 2 is 1.86 bits per heavy atom. The van der Waals surface area contributed by atoms with Crippen LogP contribution < -0.4 is 5.73 Å². The number of nitrogens with zero attached hydrogens (tertiary/aromatic N) is 2. The van der Waals surface area contributed by atoms with Crippen LogP contribution in [0.3, 0.4) is 0 Å². The Kier molecular flexibility index (Phi) is 5.42. The normalized spacial score (nSPS) is 12.2. The molecule has 21 heavy (non-hydrogen) atoms. The van der Waals surface area contributed by atoms with Crippen LogP contribution >= 0.6 is 0 Å². The maximum absolute atomic E-state index is 10.6. The average molecular weight is 303 g/mol. The Morgan fingerprint density at radius 3 is 2.24 bits per heavy atom. The van der Waals surface area contributed by atoms with Gasteiger partial charge in [0.2, 0.25) is 11.7 Å². The summed E-state index contributed by atoms with van der Waals surface area (Å²) in [5.41, 5.74) is 6.54. The lowest BCUT2D eigenvalue weighted by molar-refractivity contribution is -0.192. The second-order valence-corrected chi connectivity index (χ2v) is 3.91. The van der Waals surface area contributed by atoms with E-state index in [1.807, 2.05) is 37.3 Å². The van der Waals surface area contributed by atoms with E-state index in [0.29, 0.717) is 11.7 Å². The van der Waals surface area contributed by atoms with Gasteiger partial charge in [-0.15, -0.1) is 0 Å². The van der Waals surface area contributed by atoms with E-state index in [9.17, 15) is 13.2 Å². The highest BCUT2D eigenvalue weighted by Gasteiger charge is 2.38. The second kappa shape index (κ2) is 6.84. The standard InChI is InChI=1S/C10H11N3O.C2HF3O2/c1-7(11)10-12-9(13-14-10)8-5-3-2-4-6-8;3-2(4,5)1(6)7/h2-7H,11H2,1H3;(H,6,7). The highest BCUT2D eigenvalue weighted by atomic mass is 19.4. The number of aliphatic carboxylic acids is 1. The summed E-state index contributed by atoms with van der Waals surface area (Å²) in [6.45, 7) is 1.81. The van der Waals surface area contributed by atoms with Gasteiger partial charge in [0.25, 0.3) is 0 Å². The summed E-state index contributed by atoms with van der Waals surface area (Å²) in [5, 5.41) is 11.0. The third kappa shape index (κ3) is 5.22. The summed E-state index contributed by atoms with van der Waals surface area (Å²) >= 11 is 0. The smallest absolute Gasteiger partial charge is 0.475 e. The first-order valence-electron chi connectivity index (χ1n) is 5.66. The van der Waals surface area contributed by atoms with Crippen molar-refractivity contribution in [2.45, 2.75) is 19.1 Å². The summed E-state index contributed by atoms with van der Waals surface area (Å²) in [7, 11) is 0. The minimum Gasteiger partial charge on any atom is -0.475 e. The molecular formula is C12H12F3N3O3. The van der Waals surface area contributed by atoms with Gasteiger partial charge >= 0.3 is 12.1 Å². The Balaban J connectivity index is 0.000000270. The summed E-state index contributed by atoms with van der Waals surface area (Å²) in [6.07, 6.45) is -5.08. The summed E-state index contributed by atoms with van der Waals surface area (Å²) in [4.78, 5) is 13.1. The van der Waals surface area contributed by atoms with Crippen LogP contribution in [-0.2, 0) is 4.79 Å². The minimum absolute atomic E-state index is 0.222. The number of nitrogens with two attached hydrogens (primary N) is 1. The van der Waals surface area contributed by atoms with Gasteiger partial charge in [0.15, 0.2) is 0 Å². The van der Waals surface area contributed by atoms with E-state index >= 15 is 0 Å². The summed E-state index contributed by atoms with van der Waals surface area (Å²) in [5.74, 6) is -1.71. The first kappa shape index (κ1) is 16.6. The van der Waals surface area contributed by atoms with Crippen molar-refractivity contribution in [2.75, 3.05) is 0 Å². The van der Waals surface area contributed by atoms with Crippen LogP contribution in [0.2, 0.25) is 0 Å². The first-order chi connectivity index (χ1) is 9.71. The molecule has 0 aliphatic carbocycles. The number of hydrogen-bond acceptors (Lipinski definition) is 5. The van der Waals surface area contributed by atoms with Gasteiger partial charge in [0.05, 0.1) is 6.04 Å². The number of halogens is 3. The Morgan fingerprint density at radius 1 is 1.33 bits per heavy atom. The number of aromatic nitrogens is 2. The molecule has 0 bridgehead atoms. The van der Waals surface area contributed by atoms with Crippen molar-refractivity contribution in [3.8, 4) is 11.4 Å². The zero-order valence-corrected chi connectivity index (χ0v) is 10.8. The lowest BCUT2D eigenvalue weighted by Crippen LogP contribution is -2.21. The third-order valence-corrected chi connectivity index (χ3v) is 2.11. The van der Waals surface area contributed by atoms with Gasteiger partial charge in [-0.05, 0) is 6.92 Å². The predicted octanol–water partition coefficient (Wildman–Crippen LogP) is 2.39. The number of benzene rings is 1. The molecule has 3 N–H and O–H groups in total. The SMILES string of the molecule is CC(N)c1nc(-c2ccccc2)no1.O=C(O)C(F)(F)F. The van der Waals surface area contributed by atoms with Crippen molar-refractivity contribution in [3.63, 3.8) is 0 Å². The molecule has 1 unspecified atom stereocenters. The Bertz CT molecular complexity index is 582. The molecule has 1 atom stereocenters. The van der Waals surface area contributed by atoms with Crippen LogP contribution in [0.5, 0.6) is 0 Å². The fourth-order valence-corrected chi connectivity index (χ4v) is 1.12. The van der Waals surface area contributed by atoms with Crippen LogP contribution in [0.15, 0.2) is 34.9 Å². The largest absolute Gasteiger partial charge is 0.490 e. The van der Waals surface area contributed by atoms with Crippen molar-refractivity contribution in [3.05, 3.63) is 36.2 Å². The number of carboxylic acids is 1. The molecule has 9 heteroatoms. The molecule has 1 aromatic heterocycles. The third-order valence-electron chi connectivity index (χ3n) is 2.11. The highest BCUT2D eigenvalue weighted by molar-refractivity contribution is 5.73. The van der Waals surface area contributed by atoms with Crippen LogP contribution in [0.4, 0.5) is 13.2 Å². The van der Waals surface area contributed by atoms with E-state index in [1.165, 1.54) is 0 Å². The quantitative estimate of drug-likeness (QED) is 0.883. The molecule has 2 aromatic rings. The number of hydrogen-bond donors (Lipinski definition) is 2. The van der Waals surface area contributed by atoms with E-state index < -0.39 is 12.1 Å². The lowest BCUT2D eigenvalue weighted by Gasteiger charge is -1.93. The molecule has 0 fully saturated rings. The van der Waals surface area contributed by atoms with E-state index in [1.54, 1.807) is 0 Å². The van der Waals surface area contributed by atoms with Crippen molar-refractivity contribution >= 4 is 5.97 Å². The molecule has 6 nitrogen and oxygen atoms in total. The molecule has 1 heterocycles. The van der Waals surface area contributed by atoms with Gasteiger partial charge in [-0.1, -0.05) is 35.5 Å². The molecule has 0 saturated carbocycles. The van der Waals surface area contributed by atoms with Crippen molar-refractivity contribution in [1.29, 1.82) is 0 Å². The maximum atomic E-state index is 10.6. The molecular weight excluding hydrogens is 291 g/mol. The van der Waals surface area contributed by atoms with E-state index in [-0.39, 0.29) is 6.04 Å². The minimum atomic E-state index is -5.08. The summed E-state index contributed by atoms with van der Waals surface area (Å²) in [6, 6.07) is 9.43. The Hall–Kier alpha value is -2.42. The molecule has 0 radical (unpaired) electrons. The molecule has 114 valence electrons.